The van der Waals surface area contributed by atoms with Gasteiger partial charge in [-0.05, 0) is 37.3 Å². The molecule has 1 heterocycles. The number of rotatable bonds is 4. The smallest absolute Gasteiger partial charge is 0.259 e. The molecule has 26 heavy (non-hydrogen) atoms. The van der Waals surface area contributed by atoms with Crippen molar-refractivity contribution in [1.29, 1.82) is 0 Å². The molecule has 4 nitrogen and oxygen atoms in total. The highest BCUT2D eigenvalue weighted by Crippen LogP contribution is 2.40. The third-order valence-electron chi connectivity index (χ3n) is 4.68. The first-order valence-electron chi connectivity index (χ1n) is 8.25. The van der Waals surface area contributed by atoms with E-state index in [-0.39, 0.29) is 15.7 Å². The molecule has 0 saturated heterocycles. The first-order valence-corrected chi connectivity index (χ1v) is 9.73. The highest BCUT2D eigenvalue weighted by molar-refractivity contribution is 7.91. The Morgan fingerprint density at radius 1 is 1.04 bits per heavy atom. The van der Waals surface area contributed by atoms with E-state index in [1.165, 1.54) is 6.07 Å². The van der Waals surface area contributed by atoms with Crippen molar-refractivity contribution in [2.45, 2.75) is 16.7 Å². The number of hydrogen-bond donors (Lipinski definition) is 0. The molecule has 130 valence electrons. The molecule has 4 rings (SSSR count). The lowest BCUT2D eigenvalue weighted by atomic mass is 10.1. The van der Waals surface area contributed by atoms with E-state index in [0.29, 0.717) is 22.9 Å². The van der Waals surface area contributed by atoms with Gasteiger partial charge in [0.05, 0.1) is 15.5 Å². The molecule has 1 aliphatic heterocycles. The maximum Gasteiger partial charge on any atom is 0.259 e. The predicted octanol–water partition coefficient (Wildman–Crippen LogP) is 4.13. The van der Waals surface area contributed by atoms with Gasteiger partial charge in [-0.3, -0.25) is 4.79 Å². The molecule has 0 fully saturated rings. The van der Waals surface area contributed by atoms with Gasteiger partial charge < -0.3 is 4.90 Å². The summed E-state index contributed by atoms with van der Waals surface area (Å²) in [6, 6.07) is 15.3. The van der Waals surface area contributed by atoms with Crippen LogP contribution >= 0.6 is 0 Å². The van der Waals surface area contributed by atoms with Crippen LogP contribution in [0.25, 0.3) is 10.8 Å². The van der Waals surface area contributed by atoms with E-state index in [2.05, 4.69) is 6.58 Å². The second kappa shape index (κ2) is 5.81. The van der Waals surface area contributed by atoms with Crippen LogP contribution in [0.2, 0.25) is 0 Å². The number of amides is 1. The molecule has 3 aromatic rings. The normalized spacial score (nSPS) is 13.4. The van der Waals surface area contributed by atoms with Gasteiger partial charge in [-0.25, -0.2) is 8.42 Å². The van der Waals surface area contributed by atoms with Crippen molar-refractivity contribution in [1.82, 2.24) is 0 Å². The van der Waals surface area contributed by atoms with E-state index in [1.807, 2.05) is 13.0 Å². The molecule has 0 aromatic heterocycles. The van der Waals surface area contributed by atoms with Crippen molar-refractivity contribution in [2.24, 2.45) is 0 Å². The zero-order chi connectivity index (χ0) is 18.5. The van der Waals surface area contributed by atoms with Gasteiger partial charge in [-0.15, -0.1) is 6.58 Å². The van der Waals surface area contributed by atoms with E-state index < -0.39 is 9.84 Å². The number of sulfone groups is 1. The summed E-state index contributed by atoms with van der Waals surface area (Å²) >= 11 is 0. The van der Waals surface area contributed by atoms with Gasteiger partial charge in [0.2, 0.25) is 9.84 Å². The van der Waals surface area contributed by atoms with E-state index in [4.69, 9.17) is 0 Å². The number of aryl methyl sites for hydroxylation is 1. The maximum atomic E-state index is 13.2. The highest BCUT2D eigenvalue weighted by Gasteiger charge is 2.32. The Bertz CT molecular complexity index is 1160. The molecule has 0 N–H and O–H groups in total. The van der Waals surface area contributed by atoms with Crippen LogP contribution in [0.15, 0.2) is 77.0 Å². The monoisotopic (exact) mass is 363 g/mol. The third kappa shape index (κ3) is 2.28. The van der Waals surface area contributed by atoms with E-state index >= 15 is 0 Å². The molecule has 0 unspecified atom stereocenters. The summed E-state index contributed by atoms with van der Waals surface area (Å²) in [4.78, 5) is 14.7. The molecule has 0 saturated carbocycles. The highest BCUT2D eigenvalue weighted by atomic mass is 32.2. The van der Waals surface area contributed by atoms with E-state index in [9.17, 15) is 13.2 Å². The molecular weight excluding hydrogens is 346 g/mol. The Kier molecular flexibility index (Phi) is 3.70. The Morgan fingerprint density at radius 3 is 2.46 bits per heavy atom. The largest absolute Gasteiger partial charge is 0.304 e. The van der Waals surface area contributed by atoms with Crippen LogP contribution in [0.4, 0.5) is 5.69 Å². The predicted molar refractivity (Wildman–Crippen MR) is 102 cm³/mol. The minimum atomic E-state index is -3.69. The number of benzene rings is 3. The SMILES string of the molecule is C=CCN1C(=O)c2ccc(S(=O)(=O)c3ccc(C)cc3)c3cccc1c23. The minimum absolute atomic E-state index is 0.129. The van der Waals surface area contributed by atoms with Crippen molar-refractivity contribution in [3.63, 3.8) is 0 Å². The van der Waals surface area contributed by atoms with Crippen molar-refractivity contribution in [3.05, 3.63) is 78.4 Å². The van der Waals surface area contributed by atoms with Gasteiger partial charge in [0.15, 0.2) is 0 Å². The Morgan fingerprint density at radius 2 is 1.77 bits per heavy atom. The standard InChI is InChI=1S/C21H17NO3S/c1-3-13-22-18-6-4-5-16-19(12-11-17(20(16)18)21(22)23)26(24,25)15-9-7-14(2)8-10-15/h3-12H,1,13H2,2H3. The third-order valence-corrected chi connectivity index (χ3v) is 6.51. The molecule has 0 radical (unpaired) electrons. The van der Waals surface area contributed by atoms with Crippen LogP contribution in [0.3, 0.4) is 0 Å². The molecule has 0 atom stereocenters. The molecule has 0 spiro atoms. The first-order chi connectivity index (χ1) is 12.4. The fraction of sp³-hybridized carbons (Fsp3) is 0.0952. The van der Waals surface area contributed by atoms with Gasteiger partial charge in [-0.2, -0.15) is 0 Å². The van der Waals surface area contributed by atoms with Crippen molar-refractivity contribution >= 4 is 32.2 Å². The Hall–Kier alpha value is -2.92. The number of hydrogen-bond acceptors (Lipinski definition) is 3. The average molecular weight is 363 g/mol. The summed E-state index contributed by atoms with van der Waals surface area (Å²) in [5.74, 6) is -0.129. The fourth-order valence-corrected chi connectivity index (χ4v) is 4.86. The van der Waals surface area contributed by atoms with E-state index in [0.717, 1.165) is 11.3 Å². The van der Waals surface area contributed by atoms with Crippen LogP contribution in [0, 0.1) is 6.92 Å². The van der Waals surface area contributed by atoms with Crippen molar-refractivity contribution in [3.8, 4) is 0 Å². The van der Waals surface area contributed by atoms with Crippen LogP contribution < -0.4 is 4.90 Å². The van der Waals surface area contributed by atoms with Crippen LogP contribution in [0.1, 0.15) is 15.9 Å². The lowest BCUT2D eigenvalue weighted by Gasteiger charge is -2.15. The number of nitrogens with zero attached hydrogens (tertiary/aromatic N) is 1. The minimum Gasteiger partial charge on any atom is -0.304 e. The summed E-state index contributed by atoms with van der Waals surface area (Å²) in [5.41, 5.74) is 2.25. The Balaban J connectivity index is 1.99. The van der Waals surface area contributed by atoms with Crippen LogP contribution in [0.5, 0.6) is 0 Å². The van der Waals surface area contributed by atoms with Gasteiger partial charge in [0, 0.05) is 22.9 Å². The second-order valence-corrected chi connectivity index (χ2v) is 8.25. The lowest BCUT2D eigenvalue weighted by molar-refractivity contribution is 0.0996. The fourth-order valence-electron chi connectivity index (χ4n) is 3.41. The summed E-state index contributed by atoms with van der Waals surface area (Å²) < 4.78 is 26.4. The summed E-state index contributed by atoms with van der Waals surface area (Å²) in [6.45, 7) is 5.99. The number of anilines is 1. The number of carbonyl (C=O) groups is 1. The van der Waals surface area contributed by atoms with Gasteiger partial charge >= 0.3 is 0 Å². The maximum absolute atomic E-state index is 13.2. The van der Waals surface area contributed by atoms with Crippen molar-refractivity contribution < 1.29 is 13.2 Å². The molecule has 3 aromatic carbocycles. The van der Waals surface area contributed by atoms with Crippen LogP contribution in [-0.4, -0.2) is 20.9 Å². The summed E-state index contributed by atoms with van der Waals surface area (Å²) in [5, 5.41) is 1.26. The first kappa shape index (κ1) is 16.5. The van der Waals surface area contributed by atoms with Crippen LogP contribution in [-0.2, 0) is 9.84 Å². The average Bonchev–Trinajstić information content (AvgIpc) is 2.90. The zero-order valence-corrected chi connectivity index (χ0v) is 15.1. The molecule has 5 heteroatoms. The summed E-state index contributed by atoms with van der Waals surface area (Å²) in [7, 11) is -3.69. The topological polar surface area (TPSA) is 54.5 Å². The molecular formula is C21H17NO3S. The van der Waals surface area contributed by atoms with Crippen molar-refractivity contribution in [2.75, 3.05) is 11.4 Å². The quantitative estimate of drug-likeness (QED) is 0.655. The second-order valence-electron chi connectivity index (χ2n) is 6.33. The zero-order valence-electron chi connectivity index (χ0n) is 14.3. The van der Waals surface area contributed by atoms with Gasteiger partial charge in [0.1, 0.15) is 0 Å². The molecule has 1 aliphatic rings. The van der Waals surface area contributed by atoms with Gasteiger partial charge in [-0.1, -0.05) is 35.9 Å². The lowest BCUT2D eigenvalue weighted by Crippen LogP contribution is -2.26. The Labute approximate surface area is 152 Å². The van der Waals surface area contributed by atoms with E-state index in [1.54, 1.807) is 53.4 Å². The number of carbonyl (C=O) groups excluding carboxylic acids is 1. The molecule has 0 bridgehead atoms. The molecule has 1 amide bonds. The molecule has 0 aliphatic carbocycles. The van der Waals surface area contributed by atoms with Gasteiger partial charge in [0.25, 0.3) is 5.91 Å². The summed E-state index contributed by atoms with van der Waals surface area (Å²) in [6.07, 6.45) is 1.66.